The molecule has 0 fully saturated rings. The lowest BCUT2D eigenvalue weighted by Crippen LogP contribution is -2.15. The van der Waals surface area contributed by atoms with Crippen molar-refractivity contribution in [2.45, 2.75) is 26.4 Å². The average molecular weight is 256 g/mol. The normalized spacial score (nSPS) is 10.2. The van der Waals surface area contributed by atoms with Crippen molar-refractivity contribution in [3.63, 3.8) is 0 Å². The second-order valence-corrected chi connectivity index (χ2v) is 3.82. The second kappa shape index (κ2) is 7.66. The van der Waals surface area contributed by atoms with Gasteiger partial charge in [-0.25, -0.2) is 9.18 Å². The van der Waals surface area contributed by atoms with E-state index in [9.17, 15) is 9.18 Å². The smallest absolute Gasteiger partial charge is 0.344 e. The number of aliphatic hydroxyl groups excluding tert-OH is 1. The molecule has 1 N–H and O–H groups in total. The first-order valence-corrected chi connectivity index (χ1v) is 5.84. The minimum absolute atomic E-state index is 0.200. The Kier molecular flexibility index (Phi) is 6.14. The Morgan fingerprint density at radius 3 is 2.83 bits per heavy atom. The Hall–Kier alpha value is -1.62. The van der Waals surface area contributed by atoms with Crippen LogP contribution in [0.4, 0.5) is 4.39 Å². The van der Waals surface area contributed by atoms with E-state index in [1.54, 1.807) is 0 Å². The van der Waals surface area contributed by atoms with Gasteiger partial charge in [0.15, 0.2) is 6.61 Å². The fourth-order valence-corrected chi connectivity index (χ4v) is 1.31. The van der Waals surface area contributed by atoms with Gasteiger partial charge in [0.1, 0.15) is 11.6 Å². The number of hydrogen-bond acceptors (Lipinski definition) is 4. The van der Waals surface area contributed by atoms with E-state index >= 15 is 0 Å². The molecule has 5 heteroatoms. The summed E-state index contributed by atoms with van der Waals surface area (Å²) in [5.74, 6) is -0.805. The highest BCUT2D eigenvalue weighted by Gasteiger charge is 2.06. The molecule has 100 valence electrons. The number of carbonyl (C=O) groups excluding carboxylic acids is 1. The highest BCUT2D eigenvalue weighted by Crippen LogP contribution is 2.16. The molecule has 0 spiro atoms. The number of carbonyl (C=O) groups is 1. The zero-order valence-corrected chi connectivity index (χ0v) is 10.3. The molecular formula is C13H17FO4. The summed E-state index contributed by atoms with van der Waals surface area (Å²) in [6, 6.07) is 3.83. The van der Waals surface area contributed by atoms with E-state index in [0.717, 1.165) is 18.9 Å². The van der Waals surface area contributed by atoms with Crippen LogP contribution in [0.3, 0.4) is 0 Å². The van der Waals surface area contributed by atoms with Crippen molar-refractivity contribution in [1.82, 2.24) is 0 Å². The monoisotopic (exact) mass is 256 g/mol. The van der Waals surface area contributed by atoms with E-state index in [4.69, 9.17) is 14.6 Å². The third kappa shape index (κ3) is 5.14. The van der Waals surface area contributed by atoms with Crippen molar-refractivity contribution in [3.8, 4) is 5.75 Å². The number of rotatable bonds is 7. The van der Waals surface area contributed by atoms with Gasteiger partial charge in [0, 0.05) is 6.07 Å². The van der Waals surface area contributed by atoms with Crippen LogP contribution in [-0.2, 0) is 16.1 Å². The van der Waals surface area contributed by atoms with Crippen molar-refractivity contribution in [2.75, 3.05) is 13.2 Å². The number of benzene rings is 1. The van der Waals surface area contributed by atoms with Gasteiger partial charge in [0.2, 0.25) is 0 Å². The third-order valence-corrected chi connectivity index (χ3v) is 2.23. The average Bonchev–Trinajstić information content (AvgIpc) is 2.36. The standard InChI is InChI=1S/C13H17FO4/c1-2-3-4-17-13(16)9-18-12-6-10(8-15)5-11(14)7-12/h5-7,15H,2-4,8-9H2,1H3. The van der Waals surface area contributed by atoms with E-state index in [0.29, 0.717) is 12.2 Å². The lowest BCUT2D eigenvalue weighted by atomic mass is 10.2. The van der Waals surface area contributed by atoms with Crippen LogP contribution in [0.1, 0.15) is 25.3 Å². The molecule has 0 amide bonds. The number of ether oxygens (including phenoxy) is 2. The zero-order valence-electron chi connectivity index (χ0n) is 10.3. The van der Waals surface area contributed by atoms with Gasteiger partial charge in [-0.15, -0.1) is 0 Å². The maximum Gasteiger partial charge on any atom is 0.344 e. The number of unbranched alkanes of at least 4 members (excludes halogenated alkanes) is 1. The van der Waals surface area contributed by atoms with Crippen molar-refractivity contribution < 1.29 is 23.8 Å². The molecule has 0 saturated carbocycles. The molecule has 0 aliphatic heterocycles. The van der Waals surface area contributed by atoms with E-state index in [1.807, 2.05) is 6.92 Å². The van der Waals surface area contributed by atoms with Gasteiger partial charge in [-0.3, -0.25) is 0 Å². The maximum atomic E-state index is 13.1. The molecule has 0 bridgehead atoms. The summed E-state index contributed by atoms with van der Waals surface area (Å²) in [5, 5.41) is 8.89. The molecule has 0 aromatic heterocycles. The molecule has 4 nitrogen and oxygen atoms in total. The van der Waals surface area contributed by atoms with Gasteiger partial charge in [-0.2, -0.15) is 0 Å². The van der Waals surface area contributed by atoms with E-state index in [1.165, 1.54) is 12.1 Å². The van der Waals surface area contributed by atoms with Crippen molar-refractivity contribution in [1.29, 1.82) is 0 Å². The molecule has 0 atom stereocenters. The third-order valence-electron chi connectivity index (χ3n) is 2.23. The number of halogens is 1. The summed E-state index contributed by atoms with van der Waals surface area (Å²) in [4.78, 5) is 11.2. The number of esters is 1. The fraction of sp³-hybridized carbons (Fsp3) is 0.462. The summed E-state index contributed by atoms with van der Waals surface area (Å²) in [6.07, 6.45) is 1.75. The van der Waals surface area contributed by atoms with Gasteiger partial charge < -0.3 is 14.6 Å². The molecule has 18 heavy (non-hydrogen) atoms. The van der Waals surface area contributed by atoms with Crippen molar-refractivity contribution in [2.24, 2.45) is 0 Å². The van der Waals surface area contributed by atoms with Gasteiger partial charge in [-0.1, -0.05) is 13.3 Å². The van der Waals surface area contributed by atoms with E-state index in [-0.39, 0.29) is 19.0 Å². The van der Waals surface area contributed by atoms with E-state index in [2.05, 4.69) is 0 Å². The van der Waals surface area contributed by atoms with Gasteiger partial charge in [0.05, 0.1) is 13.2 Å². The van der Waals surface area contributed by atoms with Crippen molar-refractivity contribution >= 4 is 5.97 Å². The predicted octanol–water partition coefficient (Wildman–Crippen LogP) is 2.04. The van der Waals surface area contributed by atoms with Crippen LogP contribution in [0.5, 0.6) is 5.75 Å². The van der Waals surface area contributed by atoms with Gasteiger partial charge in [-0.05, 0) is 24.1 Å². The minimum atomic E-state index is -0.518. The molecule has 1 rings (SSSR count). The molecule has 0 aliphatic carbocycles. The Bertz CT molecular complexity index is 393. The topological polar surface area (TPSA) is 55.8 Å². The van der Waals surface area contributed by atoms with Crippen LogP contribution >= 0.6 is 0 Å². The first-order chi connectivity index (χ1) is 8.65. The molecule has 0 saturated heterocycles. The van der Waals surface area contributed by atoms with Crippen molar-refractivity contribution in [3.05, 3.63) is 29.6 Å². The predicted molar refractivity (Wildman–Crippen MR) is 63.7 cm³/mol. The quantitative estimate of drug-likeness (QED) is 0.599. The Morgan fingerprint density at radius 1 is 1.39 bits per heavy atom. The SMILES string of the molecule is CCCCOC(=O)COc1cc(F)cc(CO)c1. The summed E-state index contributed by atoms with van der Waals surface area (Å²) >= 11 is 0. The van der Waals surface area contributed by atoms with Gasteiger partial charge >= 0.3 is 5.97 Å². The lowest BCUT2D eigenvalue weighted by molar-refractivity contribution is -0.146. The summed E-state index contributed by atoms with van der Waals surface area (Å²) < 4.78 is 23.1. The summed E-state index contributed by atoms with van der Waals surface area (Å²) in [6.45, 7) is 1.81. The Balaban J connectivity index is 2.43. The number of aliphatic hydroxyl groups is 1. The first-order valence-electron chi connectivity index (χ1n) is 5.84. The van der Waals surface area contributed by atoms with Crippen LogP contribution in [0.25, 0.3) is 0 Å². The van der Waals surface area contributed by atoms with E-state index < -0.39 is 11.8 Å². The van der Waals surface area contributed by atoms with Crippen LogP contribution in [-0.4, -0.2) is 24.3 Å². The second-order valence-electron chi connectivity index (χ2n) is 3.82. The fourth-order valence-electron chi connectivity index (χ4n) is 1.31. The van der Waals surface area contributed by atoms with Crippen LogP contribution in [0.15, 0.2) is 18.2 Å². The lowest BCUT2D eigenvalue weighted by Gasteiger charge is -2.08. The Morgan fingerprint density at radius 2 is 2.17 bits per heavy atom. The number of hydrogen-bond donors (Lipinski definition) is 1. The molecule has 0 aliphatic rings. The molecule has 1 aromatic carbocycles. The maximum absolute atomic E-state index is 13.1. The highest BCUT2D eigenvalue weighted by atomic mass is 19.1. The Labute approximate surface area is 105 Å². The summed E-state index contributed by atoms with van der Waals surface area (Å²) in [5.41, 5.74) is 0.393. The van der Waals surface area contributed by atoms with Crippen LogP contribution in [0, 0.1) is 5.82 Å². The summed E-state index contributed by atoms with van der Waals surface area (Å²) in [7, 11) is 0. The molecule has 0 radical (unpaired) electrons. The highest BCUT2D eigenvalue weighted by molar-refractivity contribution is 5.71. The zero-order chi connectivity index (χ0) is 13.4. The van der Waals surface area contributed by atoms with Gasteiger partial charge in [0.25, 0.3) is 0 Å². The molecule has 0 unspecified atom stereocenters. The molecular weight excluding hydrogens is 239 g/mol. The largest absolute Gasteiger partial charge is 0.482 e. The minimum Gasteiger partial charge on any atom is -0.482 e. The molecule has 0 heterocycles. The molecule has 1 aromatic rings. The first kappa shape index (κ1) is 14.4. The van der Waals surface area contributed by atoms with Crippen LogP contribution in [0.2, 0.25) is 0 Å². The van der Waals surface area contributed by atoms with Crippen LogP contribution < -0.4 is 4.74 Å².